The van der Waals surface area contributed by atoms with Crippen LogP contribution in [-0.4, -0.2) is 23.1 Å². The van der Waals surface area contributed by atoms with E-state index in [1.807, 2.05) is 20.8 Å². The molecule has 5 nitrogen and oxygen atoms in total. The number of amides is 2. The molecule has 1 atom stereocenters. The Balaban J connectivity index is 2.72. The van der Waals surface area contributed by atoms with Crippen LogP contribution in [0.1, 0.15) is 36.7 Å². The van der Waals surface area contributed by atoms with E-state index in [-0.39, 0.29) is 17.6 Å². The SMILES string of the molecule is Cc1cc(C(=O)O)ccc1NC(=O)NC(C)C(C)C. The first-order chi connectivity index (χ1) is 8.81. The number of carboxylic acid groups (broad SMARTS) is 1. The van der Waals surface area contributed by atoms with Crippen LogP contribution in [0.3, 0.4) is 0 Å². The van der Waals surface area contributed by atoms with Crippen LogP contribution >= 0.6 is 0 Å². The van der Waals surface area contributed by atoms with E-state index < -0.39 is 5.97 Å². The first kappa shape index (κ1) is 15.0. The molecule has 0 aliphatic carbocycles. The van der Waals surface area contributed by atoms with Gasteiger partial charge in [-0.2, -0.15) is 0 Å². The van der Waals surface area contributed by atoms with Gasteiger partial charge in [-0.15, -0.1) is 0 Å². The van der Waals surface area contributed by atoms with Gasteiger partial charge in [-0.25, -0.2) is 9.59 Å². The predicted molar refractivity (Wildman–Crippen MR) is 74.6 cm³/mol. The Morgan fingerprint density at radius 3 is 2.32 bits per heavy atom. The molecule has 5 heteroatoms. The summed E-state index contributed by atoms with van der Waals surface area (Å²) in [5, 5.41) is 14.4. The molecule has 0 heterocycles. The lowest BCUT2D eigenvalue weighted by molar-refractivity contribution is 0.0697. The maximum absolute atomic E-state index is 11.8. The van der Waals surface area contributed by atoms with Crippen molar-refractivity contribution in [3.05, 3.63) is 29.3 Å². The Bertz CT molecular complexity index is 484. The molecule has 3 N–H and O–H groups in total. The Kier molecular flexibility index (Phi) is 4.92. The van der Waals surface area contributed by atoms with E-state index >= 15 is 0 Å². The zero-order valence-corrected chi connectivity index (χ0v) is 11.7. The highest BCUT2D eigenvalue weighted by molar-refractivity contribution is 5.92. The number of rotatable bonds is 4. The Morgan fingerprint density at radius 2 is 1.84 bits per heavy atom. The Hall–Kier alpha value is -2.04. The number of hydrogen-bond donors (Lipinski definition) is 3. The van der Waals surface area contributed by atoms with Crippen molar-refractivity contribution in [2.24, 2.45) is 5.92 Å². The largest absolute Gasteiger partial charge is 0.478 e. The third-order valence-corrected chi connectivity index (χ3v) is 3.08. The normalized spacial score (nSPS) is 12.1. The second-order valence-electron chi connectivity index (χ2n) is 4.97. The van der Waals surface area contributed by atoms with Gasteiger partial charge >= 0.3 is 12.0 Å². The molecule has 0 aliphatic rings. The molecule has 0 aliphatic heterocycles. The van der Waals surface area contributed by atoms with Gasteiger partial charge in [-0.3, -0.25) is 0 Å². The molecule has 1 aromatic rings. The maximum Gasteiger partial charge on any atom is 0.335 e. The van der Waals surface area contributed by atoms with Gasteiger partial charge in [0.25, 0.3) is 0 Å². The number of anilines is 1. The third kappa shape index (κ3) is 4.28. The standard InChI is InChI=1S/C14H20N2O3/c1-8(2)10(4)15-14(19)16-12-6-5-11(13(17)18)7-9(12)3/h5-8,10H,1-4H3,(H,17,18)(H2,15,16,19). The number of aromatic carboxylic acids is 1. The monoisotopic (exact) mass is 264 g/mol. The zero-order chi connectivity index (χ0) is 14.6. The van der Waals surface area contributed by atoms with Crippen LogP contribution in [0.5, 0.6) is 0 Å². The second-order valence-corrected chi connectivity index (χ2v) is 4.97. The molecule has 104 valence electrons. The van der Waals surface area contributed by atoms with Crippen LogP contribution in [0.4, 0.5) is 10.5 Å². The van der Waals surface area contributed by atoms with Crippen molar-refractivity contribution in [1.29, 1.82) is 0 Å². The van der Waals surface area contributed by atoms with Crippen molar-refractivity contribution in [1.82, 2.24) is 5.32 Å². The van der Waals surface area contributed by atoms with Crippen molar-refractivity contribution in [3.63, 3.8) is 0 Å². The molecule has 1 aromatic carbocycles. The highest BCUT2D eigenvalue weighted by atomic mass is 16.4. The lowest BCUT2D eigenvalue weighted by atomic mass is 10.1. The maximum atomic E-state index is 11.8. The fraction of sp³-hybridized carbons (Fsp3) is 0.429. The van der Waals surface area contributed by atoms with E-state index in [0.29, 0.717) is 17.2 Å². The van der Waals surface area contributed by atoms with Crippen LogP contribution in [-0.2, 0) is 0 Å². The number of nitrogens with one attached hydrogen (secondary N) is 2. The number of carboxylic acids is 1. The van der Waals surface area contributed by atoms with Gasteiger partial charge in [0.15, 0.2) is 0 Å². The number of carbonyl (C=O) groups excluding carboxylic acids is 1. The molecule has 2 amide bonds. The summed E-state index contributed by atoms with van der Waals surface area (Å²) in [5.74, 6) is -0.631. The third-order valence-electron chi connectivity index (χ3n) is 3.08. The Labute approximate surface area is 113 Å². The topological polar surface area (TPSA) is 78.4 Å². The van der Waals surface area contributed by atoms with Crippen molar-refractivity contribution in [3.8, 4) is 0 Å². The van der Waals surface area contributed by atoms with E-state index in [1.54, 1.807) is 13.0 Å². The summed E-state index contributed by atoms with van der Waals surface area (Å²) in [7, 11) is 0. The van der Waals surface area contributed by atoms with Gasteiger partial charge in [-0.05, 0) is 43.5 Å². The lowest BCUT2D eigenvalue weighted by Gasteiger charge is -2.18. The average Bonchev–Trinajstić information content (AvgIpc) is 2.31. The molecule has 19 heavy (non-hydrogen) atoms. The molecular formula is C14H20N2O3. The number of urea groups is 1. The number of hydrogen-bond acceptors (Lipinski definition) is 2. The molecule has 1 rings (SSSR count). The van der Waals surface area contributed by atoms with Crippen molar-refractivity contribution in [2.45, 2.75) is 33.7 Å². The number of carbonyl (C=O) groups is 2. The first-order valence-electron chi connectivity index (χ1n) is 6.22. The van der Waals surface area contributed by atoms with Crippen LogP contribution in [0, 0.1) is 12.8 Å². The van der Waals surface area contributed by atoms with Crippen LogP contribution in [0.2, 0.25) is 0 Å². The molecule has 0 radical (unpaired) electrons. The lowest BCUT2D eigenvalue weighted by Crippen LogP contribution is -2.39. The molecule has 0 fully saturated rings. The highest BCUT2D eigenvalue weighted by Gasteiger charge is 2.12. The van der Waals surface area contributed by atoms with E-state index in [2.05, 4.69) is 10.6 Å². The summed E-state index contributed by atoms with van der Waals surface area (Å²) in [6, 6.07) is 4.38. The van der Waals surface area contributed by atoms with E-state index in [0.717, 1.165) is 0 Å². The molecule has 0 aromatic heterocycles. The quantitative estimate of drug-likeness (QED) is 0.782. The van der Waals surface area contributed by atoms with Crippen LogP contribution < -0.4 is 10.6 Å². The van der Waals surface area contributed by atoms with Crippen LogP contribution in [0.25, 0.3) is 0 Å². The molecular weight excluding hydrogens is 244 g/mol. The molecule has 1 unspecified atom stereocenters. The number of benzene rings is 1. The summed E-state index contributed by atoms with van der Waals surface area (Å²) in [6.07, 6.45) is 0. The van der Waals surface area contributed by atoms with Gasteiger partial charge in [-0.1, -0.05) is 13.8 Å². The van der Waals surface area contributed by atoms with Gasteiger partial charge in [0, 0.05) is 11.7 Å². The van der Waals surface area contributed by atoms with Gasteiger partial charge < -0.3 is 15.7 Å². The summed E-state index contributed by atoms with van der Waals surface area (Å²) in [4.78, 5) is 22.6. The fourth-order valence-electron chi connectivity index (χ4n) is 1.47. The van der Waals surface area contributed by atoms with Crippen molar-refractivity contribution >= 4 is 17.7 Å². The minimum atomic E-state index is -0.979. The van der Waals surface area contributed by atoms with E-state index in [4.69, 9.17) is 5.11 Å². The van der Waals surface area contributed by atoms with E-state index in [9.17, 15) is 9.59 Å². The summed E-state index contributed by atoms with van der Waals surface area (Å²) in [5.41, 5.74) is 1.53. The zero-order valence-electron chi connectivity index (χ0n) is 11.7. The molecule has 0 bridgehead atoms. The molecule has 0 saturated carbocycles. The first-order valence-corrected chi connectivity index (χ1v) is 6.22. The number of aryl methyl sites for hydroxylation is 1. The minimum absolute atomic E-state index is 0.0681. The fourth-order valence-corrected chi connectivity index (χ4v) is 1.47. The molecule has 0 saturated heterocycles. The minimum Gasteiger partial charge on any atom is -0.478 e. The predicted octanol–water partition coefficient (Wildman–Crippen LogP) is 2.86. The molecule has 0 spiro atoms. The second kappa shape index (κ2) is 6.22. The summed E-state index contributed by atoms with van der Waals surface area (Å²) < 4.78 is 0. The Morgan fingerprint density at radius 1 is 1.21 bits per heavy atom. The summed E-state index contributed by atoms with van der Waals surface area (Å²) >= 11 is 0. The van der Waals surface area contributed by atoms with Crippen molar-refractivity contribution in [2.75, 3.05) is 5.32 Å². The van der Waals surface area contributed by atoms with Gasteiger partial charge in [0.05, 0.1) is 5.56 Å². The average molecular weight is 264 g/mol. The smallest absolute Gasteiger partial charge is 0.335 e. The van der Waals surface area contributed by atoms with Crippen molar-refractivity contribution < 1.29 is 14.7 Å². The highest BCUT2D eigenvalue weighted by Crippen LogP contribution is 2.16. The van der Waals surface area contributed by atoms with E-state index in [1.165, 1.54) is 12.1 Å². The van der Waals surface area contributed by atoms with Crippen LogP contribution in [0.15, 0.2) is 18.2 Å². The summed E-state index contributed by atoms with van der Waals surface area (Å²) in [6.45, 7) is 7.74. The van der Waals surface area contributed by atoms with Gasteiger partial charge in [0.1, 0.15) is 0 Å². The van der Waals surface area contributed by atoms with Gasteiger partial charge in [0.2, 0.25) is 0 Å².